The molecule has 0 aromatic heterocycles. The first-order valence-electron chi connectivity index (χ1n) is 8.12. The van der Waals surface area contributed by atoms with Gasteiger partial charge in [0.2, 0.25) is 5.91 Å². The number of amides is 1. The van der Waals surface area contributed by atoms with E-state index in [-0.39, 0.29) is 5.91 Å². The number of ether oxygens (including phenoxy) is 1. The Balaban J connectivity index is 1.55. The second kappa shape index (κ2) is 8.50. The molecule has 0 aliphatic carbocycles. The van der Waals surface area contributed by atoms with E-state index in [4.69, 9.17) is 4.74 Å². The van der Waals surface area contributed by atoms with E-state index in [1.165, 1.54) is 0 Å². The van der Waals surface area contributed by atoms with Crippen LogP contribution < -0.4 is 10.1 Å². The first-order valence-corrected chi connectivity index (χ1v) is 8.12. The van der Waals surface area contributed by atoms with Crippen LogP contribution in [0.5, 0.6) is 11.5 Å². The molecule has 0 bridgehead atoms. The van der Waals surface area contributed by atoms with E-state index in [1.54, 1.807) is 12.2 Å². The number of hydrogen-bond acceptors (Lipinski definition) is 2. The Morgan fingerprint density at radius 2 is 1.52 bits per heavy atom. The molecule has 124 valence electrons. The molecular weight excluding hydrogens is 310 g/mol. The van der Waals surface area contributed by atoms with Crippen LogP contribution >= 0.6 is 0 Å². The summed E-state index contributed by atoms with van der Waals surface area (Å²) in [6.45, 7) is 0.448. The van der Waals surface area contributed by atoms with E-state index in [9.17, 15) is 4.79 Å². The summed E-state index contributed by atoms with van der Waals surface area (Å²) in [6.07, 6.45) is 3.34. The number of carbonyl (C=O) groups is 1. The quantitative estimate of drug-likeness (QED) is 0.659. The fourth-order valence-electron chi connectivity index (χ4n) is 2.33. The summed E-state index contributed by atoms with van der Waals surface area (Å²) in [5, 5.41) is 2.88. The highest BCUT2D eigenvalue weighted by Crippen LogP contribution is 2.21. The number of carbonyl (C=O) groups excluding carboxylic acids is 1. The average Bonchev–Trinajstić information content (AvgIpc) is 2.67. The topological polar surface area (TPSA) is 38.3 Å². The standard InChI is InChI=1S/C22H19NO2/c24-22(15-14-18-8-3-1-4-9-18)23-17-19-10-7-13-21(16-19)25-20-11-5-2-6-12-20/h1-16H,17H2,(H,23,24)/b15-14+. The van der Waals surface area contributed by atoms with Crippen LogP contribution in [-0.4, -0.2) is 5.91 Å². The number of nitrogens with one attached hydrogen (secondary N) is 1. The molecule has 3 rings (SSSR count). The van der Waals surface area contributed by atoms with Gasteiger partial charge >= 0.3 is 0 Å². The molecule has 0 radical (unpaired) electrons. The van der Waals surface area contributed by atoms with E-state index in [2.05, 4.69) is 5.32 Å². The van der Waals surface area contributed by atoms with Crippen molar-refractivity contribution in [2.24, 2.45) is 0 Å². The van der Waals surface area contributed by atoms with Crippen molar-refractivity contribution >= 4 is 12.0 Å². The molecular formula is C22H19NO2. The molecule has 0 aliphatic rings. The summed E-state index contributed by atoms with van der Waals surface area (Å²) >= 11 is 0. The van der Waals surface area contributed by atoms with Crippen LogP contribution in [-0.2, 0) is 11.3 Å². The second-order valence-electron chi connectivity index (χ2n) is 5.52. The van der Waals surface area contributed by atoms with Crippen LogP contribution in [0.15, 0.2) is 91.0 Å². The molecule has 3 heteroatoms. The van der Waals surface area contributed by atoms with Crippen molar-refractivity contribution in [1.82, 2.24) is 5.32 Å². The third-order valence-electron chi connectivity index (χ3n) is 3.57. The zero-order valence-corrected chi connectivity index (χ0v) is 13.8. The van der Waals surface area contributed by atoms with Crippen LogP contribution in [0.3, 0.4) is 0 Å². The summed E-state index contributed by atoms with van der Waals surface area (Å²) in [4.78, 5) is 11.9. The monoisotopic (exact) mass is 329 g/mol. The first-order chi connectivity index (χ1) is 12.3. The zero-order chi connectivity index (χ0) is 17.3. The van der Waals surface area contributed by atoms with Crippen molar-refractivity contribution in [2.75, 3.05) is 0 Å². The Bertz CT molecular complexity index is 842. The molecule has 0 unspecified atom stereocenters. The van der Waals surface area contributed by atoms with Gasteiger partial charge in [0.05, 0.1) is 0 Å². The van der Waals surface area contributed by atoms with Crippen LogP contribution in [0.2, 0.25) is 0 Å². The van der Waals surface area contributed by atoms with Gasteiger partial charge in [0.25, 0.3) is 0 Å². The van der Waals surface area contributed by atoms with Crippen molar-refractivity contribution in [3.8, 4) is 11.5 Å². The molecule has 1 amide bonds. The molecule has 0 atom stereocenters. The van der Waals surface area contributed by atoms with Crippen LogP contribution in [0.25, 0.3) is 6.08 Å². The zero-order valence-electron chi connectivity index (χ0n) is 13.8. The minimum Gasteiger partial charge on any atom is -0.457 e. The highest BCUT2D eigenvalue weighted by Gasteiger charge is 2.01. The SMILES string of the molecule is O=C(/C=C/c1ccccc1)NCc1cccc(Oc2ccccc2)c1. The Labute approximate surface area is 147 Å². The van der Waals surface area contributed by atoms with E-state index in [0.717, 1.165) is 22.6 Å². The van der Waals surface area contributed by atoms with Gasteiger partial charge < -0.3 is 10.1 Å². The maximum atomic E-state index is 11.9. The lowest BCUT2D eigenvalue weighted by molar-refractivity contribution is -0.116. The van der Waals surface area contributed by atoms with Gasteiger partial charge in [-0.05, 0) is 41.5 Å². The van der Waals surface area contributed by atoms with Crippen molar-refractivity contribution in [2.45, 2.75) is 6.54 Å². The van der Waals surface area contributed by atoms with E-state index in [1.807, 2.05) is 84.9 Å². The molecule has 0 saturated carbocycles. The molecule has 3 aromatic carbocycles. The lowest BCUT2D eigenvalue weighted by atomic mass is 10.2. The van der Waals surface area contributed by atoms with Gasteiger partial charge in [-0.25, -0.2) is 0 Å². The van der Waals surface area contributed by atoms with Crippen LogP contribution in [0, 0.1) is 0 Å². The highest BCUT2D eigenvalue weighted by atomic mass is 16.5. The van der Waals surface area contributed by atoms with E-state index < -0.39 is 0 Å². The predicted molar refractivity (Wildman–Crippen MR) is 100 cm³/mol. The van der Waals surface area contributed by atoms with Gasteiger partial charge in [0, 0.05) is 12.6 Å². The summed E-state index contributed by atoms with van der Waals surface area (Å²) in [5.74, 6) is 1.41. The fourth-order valence-corrected chi connectivity index (χ4v) is 2.33. The summed E-state index contributed by atoms with van der Waals surface area (Å²) in [7, 11) is 0. The van der Waals surface area contributed by atoms with Gasteiger partial charge in [0.1, 0.15) is 11.5 Å². The third kappa shape index (κ3) is 5.36. The summed E-state index contributed by atoms with van der Waals surface area (Å²) < 4.78 is 5.80. The van der Waals surface area contributed by atoms with Crippen LogP contribution in [0.1, 0.15) is 11.1 Å². The maximum Gasteiger partial charge on any atom is 0.244 e. The molecule has 0 fully saturated rings. The number of rotatable bonds is 6. The minimum absolute atomic E-state index is 0.127. The Morgan fingerprint density at radius 1 is 0.840 bits per heavy atom. The van der Waals surface area contributed by atoms with E-state index in [0.29, 0.717) is 6.54 Å². The normalized spacial score (nSPS) is 10.6. The van der Waals surface area contributed by atoms with Crippen molar-refractivity contribution in [3.63, 3.8) is 0 Å². The van der Waals surface area contributed by atoms with Crippen molar-refractivity contribution < 1.29 is 9.53 Å². The molecule has 0 aliphatic heterocycles. The van der Waals surface area contributed by atoms with Crippen molar-refractivity contribution in [3.05, 3.63) is 102 Å². The van der Waals surface area contributed by atoms with Gasteiger partial charge in [-0.2, -0.15) is 0 Å². The first kappa shape index (κ1) is 16.5. The number of hydrogen-bond donors (Lipinski definition) is 1. The molecule has 0 saturated heterocycles. The van der Waals surface area contributed by atoms with Gasteiger partial charge in [0.15, 0.2) is 0 Å². The third-order valence-corrected chi connectivity index (χ3v) is 3.57. The molecule has 0 spiro atoms. The predicted octanol–water partition coefficient (Wildman–Crippen LogP) is 4.81. The van der Waals surface area contributed by atoms with Gasteiger partial charge in [-0.3, -0.25) is 4.79 Å². The van der Waals surface area contributed by atoms with Gasteiger partial charge in [-0.1, -0.05) is 60.7 Å². The lowest BCUT2D eigenvalue weighted by Crippen LogP contribution is -2.20. The minimum atomic E-state index is -0.127. The largest absolute Gasteiger partial charge is 0.457 e. The number of benzene rings is 3. The molecule has 3 aromatic rings. The van der Waals surface area contributed by atoms with Crippen LogP contribution in [0.4, 0.5) is 0 Å². The average molecular weight is 329 g/mol. The lowest BCUT2D eigenvalue weighted by Gasteiger charge is -2.08. The van der Waals surface area contributed by atoms with Gasteiger partial charge in [-0.15, -0.1) is 0 Å². The summed E-state index contributed by atoms with van der Waals surface area (Å²) in [5.41, 5.74) is 1.98. The Hall–Kier alpha value is -3.33. The molecule has 3 nitrogen and oxygen atoms in total. The molecule has 1 N–H and O–H groups in total. The Morgan fingerprint density at radius 3 is 2.28 bits per heavy atom. The maximum absolute atomic E-state index is 11.9. The van der Waals surface area contributed by atoms with Crippen molar-refractivity contribution in [1.29, 1.82) is 0 Å². The molecule has 25 heavy (non-hydrogen) atoms. The highest BCUT2D eigenvalue weighted by molar-refractivity contribution is 5.91. The smallest absolute Gasteiger partial charge is 0.244 e. The second-order valence-corrected chi connectivity index (χ2v) is 5.52. The summed E-state index contributed by atoms with van der Waals surface area (Å²) in [6, 6.07) is 27.0. The fraction of sp³-hybridized carbons (Fsp3) is 0.0455. The molecule has 0 heterocycles. The Kier molecular flexibility index (Phi) is 5.62. The van der Waals surface area contributed by atoms with E-state index >= 15 is 0 Å². The number of para-hydroxylation sites is 1.